The van der Waals surface area contributed by atoms with Crippen LogP contribution in [0.4, 0.5) is 0 Å². The first-order valence-corrected chi connectivity index (χ1v) is 6.29. The zero-order valence-corrected chi connectivity index (χ0v) is 11.0. The molecule has 1 fully saturated rings. The Morgan fingerprint density at radius 2 is 2.37 bits per heavy atom. The van der Waals surface area contributed by atoms with Crippen LogP contribution in [-0.2, 0) is 16.1 Å². The Morgan fingerprint density at radius 3 is 3.05 bits per heavy atom. The van der Waals surface area contributed by atoms with Gasteiger partial charge in [0, 0.05) is 17.7 Å². The molecular weight excluding hydrogens is 244 g/mol. The zero-order chi connectivity index (χ0) is 13.5. The fourth-order valence-corrected chi connectivity index (χ4v) is 1.96. The highest BCUT2D eigenvalue weighted by Gasteiger charge is 2.16. The van der Waals surface area contributed by atoms with Crippen molar-refractivity contribution < 1.29 is 19.3 Å². The molecule has 1 heterocycles. The number of methoxy groups -OCH3 is 1. The van der Waals surface area contributed by atoms with Gasteiger partial charge in [0.05, 0.1) is 26.4 Å². The number of hydrogen-bond donors (Lipinski definition) is 1. The molecule has 1 aromatic rings. The van der Waals surface area contributed by atoms with Gasteiger partial charge in [0.15, 0.2) is 0 Å². The largest absolute Gasteiger partial charge is 0.496 e. The van der Waals surface area contributed by atoms with Gasteiger partial charge in [0.25, 0.3) is 0 Å². The molecule has 1 atom stereocenters. The predicted molar refractivity (Wildman–Crippen MR) is 71.0 cm³/mol. The number of hydrogen-bond acceptors (Lipinski definition) is 4. The molecule has 0 bridgehead atoms. The van der Waals surface area contributed by atoms with E-state index in [2.05, 4.69) is 11.8 Å². The summed E-state index contributed by atoms with van der Waals surface area (Å²) in [4.78, 5) is 0. The molecule has 0 radical (unpaired) electrons. The van der Waals surface area contributed by atoms with E-state index in [1.165, 1.54) is 0 Å². The lowest BCUT2D eigenvalue weighted by atomic mass is 10.1. The van der Waals surface area contributed by atoms with E-state index in [-0.39, 0.29) is 12.7 Å². The molecule has 4 nitrogen and oxygen atoms in total. The highest BCUT2D eigenvalue weighted by molar-refractivity contribution is 5.44. The van der Waals surface area contributed by atoms with E-state index in [0.717, 1.165) is 29.9 Å². The summed E-state index contributed by atoms with van der Waals surface area (Å²) < 4.78 is 16.4. The second-order valence-corrected chi connectivity index (χ2v) is 4.28. The van der Waals surface area contributed by atoms with Gasteiger partial charge in [0.2, 0.25) is 0 Å². The van der Waals surface area contributed by atoms with Crippen molar-refractivity contribution in [3.05, 3.63) is 29.3 Å². The molecule has 102 valence electrons. The molecule has 1 aliphatic rings. The monoisotopic (exact) mass is 262 g/mol. The van der Waals surface area contributed by atoms with Crippen LogP contribution in [0.2, 0.25) is 0 Å². The molecule has 0 aromatic heterocycles. The van der Waals surface area contributed by atoms with E-state index in [1.807, 2.05) is 18.2 Å². The first-order valence-electron chi connectivity index (χ1n) is 6.29. The summed E-state index contributed by atoms with van der Waals surface area (Å²) in [6, 6.07) is 5.66. The topological polar surface area (TPSA) is 47.9 Å². The second-order valence-electron chi connectivity index (χ2n) is 4.28. The summed E-state index contributed by atoms with van der Waals surface area (Å²) in [6.07, 6.45) is 1.10. The van der Waals surface area contributed by atoms with E-state index in [9.17, 15) is 0 Å². The van der Waals surface area contributed by atoms with Crippen LogP contribution >= 0.6 is 0 Å². The molecule has 1 saturated heterocycles. The van der Waals surface area contributed by atoms with Gasteiger partial charge in [0.1, 0.15) is 12.4 Å². The molecule has 1 unspecified atom stereocenters. The number of ether oxygens (including phenoxy) is 3. The molecule has 1 aliphatic heterocycles. The van der Waals surface area contributed by atoms with Crippen molar-refractivity contribution in [1.82, 2.24) is 0 Å². The van der Waals surface area contributed by atoms with E-state index in [1.54, 1.807) is 7.11 Å². The van der Waals surface area contributed by atoms with Gasteiger partial charge in [-0.25, -0.2) is 0 Å². The highest BCUT2D eigenvalue weighted by atomic mass is 16.5. The summed E-state index contributed by atoms with van der Waals surface area (Å²) in [5.41, 5.74) is 1.80. The highest BCUT2D eigenvalue weighted by Crippen LogP contribution is 2.22. The van der Waals surface area contributed by atoms with Crippen molar-refractivity contribution in [2.75, 3.05) is 26.9 Å². The van der Waals surface area contributed by atoms with Crippen molar-refractivity contribution in [3.8, 4) is 17.6 Å². The van der Waals surface area contributed by atoms with E-state index in [0.29, 0.717) is 13.2 Å². The van der Waals surface area contributed by atoms with Crippen LogP contribution in [0, 0.1) is 11.8 Å². The van der Waals surface area contributed by atoms with Crippen LogP contribution in [-0.4, -0.2) is 38.1 Å². The third-order valence-corrected chi connectivity index (χ3v) is 2.95. The molecule has 4 heteroatoms. The lowest BCUT2D eigenvalue weighted by molar-refractivity contribution is 0.0309. The minimum atomic E-state index is -0.142. The average Bonchev–Trinajstić information content (AvgIpc) is 2.96. The quantitative estimate of drug-likeness (QED) is 0.832. The number of aliphatic hydroxyl groups excluding tert-OH is 1. The second kappa shape index (κ2) is 7.15. The summed E-state index contributed by atoms with van der Waals surface area (Å²) in [6.45, 7) is 1.76. The van der Waals surface area contributed by atoms with Crippen LogP contribution in [0.15, 0.2) is 18.2 Å². The smallest absolute Gasteiger partial charge is 0.124 e. The molecule has 1 aromatic carbocycles. The zero-order valence-electron chi connectivity index (χ0n) is 11.0. The Hall–Kier alpha value is -1.54. The molecular formula is C15H18O4. The summed E-state index contributed by atoms with van der Waals surface area (Å²) in [7, 11) is 1.64. The normalized spacial score (nSPS) is 17.9. The Balaban J connectivity index is 2.06. The van der Waals surface area contributed by atoms with Gasteiger partial charge in [-0.05, 0) is 24.6 Å². The maximum absolute atomic E-state index is 8.71. The maximum atomic E-state index is 8.71. The maximum Gasteiger partial charge on any atom is 0.124 e. The Labute approximate surface area is 113 Å². The minimum Gasteiger partial charge on any atom is -0.496 e. The Kier molecular flexibility index (Phi) is 5.22. The molecule has 0 aliphatic carbocycles. The lowest BCUT2D eigenvalue weighted by Crippen LogP contribution is -2.12. The van der Waals surface area contributed by atoms with Crippen LogP contribution in [0.3, 0.4) is 0 Å². The molecule has 2 rings (SSSR count). The van der Waals surface area contributed by atoms with Crippen molar-refractivity contribution in [1.29, 1.82) is 0 Å². The number of benzene rings is 1. The standard InChI is InChI=1S/C15H18O4/c1-17-15-5-4-12(3-2-7-16)9-13(15)10-19-14-6-8-18-11-14/h4-5,9,14,16H,6-8,10-11H2,1H3. The first kappa shape index (κ1) is 13.9. The van der Waals surface area contributed by atoms with Gasteiger partial charge in [-0.2, -0.15) is 0 Å². The molecule has 19 heavy (non-hydrogen) atoms. The number of rotatable bonds is 4. The van der Waals surface area contributed by atoms with Crippen molar-refractivity contribution in [3.63, 3.8) is 0 Å². The lowest BCUT2D eigenvalue weighted by Gasteiger charge is -2.13. The van der Waals surface area contributed by atoms with Gasteiger partial charge in [-0.1, -0.05) is 11.8 Å². The Morgan fingerprint density at radius 1 is 1.47 bits per heavy atom. The van der Waals surface area contributed by atoms with Crippen LogP contribution in [0.1, 0.15) is 17.5 Å². The van der Waals surface area contributed by atoms with Gasteiger partial charge in [-0.3, -0.25) is 0 Å². The summed E-state index contributed by atoms with van der Waals surface area (Å²) in [5, 5.41) is 8.71. The van der Waals surface area contributed by atoms with Gasteiger partial charge in [-0.15, -0.1) is 0 Å². The molecule has 1 N–H and O–H groups in total. The number of aliphatic hydroxyl groups is 1. The van der Waals surface area contributed by atoms with Crippen molar-refractivity contribution in [2.45, 2.75) is 19.1 Å². The predicted octanol–water partition coefficient (Wildman–Crippen LogP) is 1.34. The third-order valence-electron chi connectivity index (χ3n) is 2.95. The molecule has 0 saturated carbocycles. The SMILES string of the molecule is COc1ccc(C#CCO)cc1COC1CCOC1. The van der Waals surface area contributed by atoms with E-state index < -0.39 is 0 Å². The van der Waals surface area contributed by atoms with Crippen molar-refractivity contribution >= 4 is 0 Å². The van der Waals surface area contributed by atoms with Crippen LogP contribution in [0.25, 0.3) is 0 Å². The molecule has 0 spiro atoms. The summed E-state index contributed by atoms with van der Waals surface area (Å²) in [5.74, 6) is 6.29. The Bertz CT molecular complexity index is 467. The first-order chi connectivity index (χ1) is 9.33. The van der Waals surface area contributed by atoms with E-state index in [4.69, 9.17) is 19.3 Å². The van der Waals surface area contributed by atoms with Gasteiger partial charge < -0.3 is 19.3 Å². The van der Waals surface area contributed by atoms with Crippen LogP contribution < -0.4 is 4.74 Å². The average molecular weight is 262 g/mol. The van der Waals surface area contributed by atoms with E-state index >= 15 is 0 Å². The van der Waals surface area contributed by atoms with Gasteiger partial charge >= 0.3 is 0 Å². The summed E-state index contributed by atoms with van der Waals surface area (Å²) >= 11 is 0. The third kappa shape index (κ3) is 3.97. The van der Waals surface area contributed by atoms with Crippen LogP contribution in [0.5, 0.6) is 5.75 Å². The minimum absolute atomic E-state index is 0.142. The van der Waals surface area contributed by atoms with Crippen molar-refractivity contribution in [2.24, 2.45) is 0 Å². The fraction of sp³-hybridized carbons (Fsp3) is 0.467. The molecule has 0 amide bonds. The fourth-order valence-electron chi connectivity index (χ4n) is 1.96.